The van der Waals surface area contributed by atoms with E-state index >= 15 is 0 Å². The van der Waals surface area contributed by atoms with Crippen molar-refractivity contribution < 1.29 is 0 Å². The molecule has 0 rings (SSSR count). The van der Waals surface area contributed by atoms with Gasteiger partial charge in [-0.3, -0.25) is 0 Å². The number of hydrogen-bond acceptors (Lipinski definition) is 7. The molecule has 0 radical (unpaired) electrons. The second kappa shape index (κ2) is 23.0. The maximum atomic E-state index is 5.73. The molecular weight excluding hydrogens is 350 g/mol. The molecule has 28 heavy (non-hydrogen) atoms. The van der Waals surface area contributed by atoms with E-state index in [1.807, 2.05) is 0 Å². The number of hydrogen-bond donors (Lipinski definition) is 5. The summed E-state index contributed by atoms with van der Waals surface area (Å²) in [6.45, 7) is 12.2. The molecule has 0 aromatic heterocycles. The van der Waals surface area contributed by atoms with Gasteiger partial charge in [0.2, 0.25) is 0 Å². The third-order valence-electron chi connectivity index (χ3n) is 5.12. The molecule has 0 atom stereocenters. The van der Waals surface area contributed by atoms with E-state index in [1.165, 1.54) is 51.7 Å². The quantitative estimate of drug-likeness (QED) is 0.158. The minimum absolute atomic E-state index is 0.774. The molecule has 0 aliphatic rings. The summed E-state index contributed by atoms with van der Waals surface area (Å²) in [5, 5.41) is 3.46. The lowest BCUT2D eigenvalue weighted by atomic mass is 10.2. The monoisotopic (exact) mass is 401 g/mol. The average molecular weight is 402 g/mol. The zero-order valence-electron chi connectivity index (χ0n) is 18.6. The summed E-state index contributed by atoms with van der Waals surface area (Å²) >= 11 is 0. The molecule has 170 valence electrons. The Kier molecular flexibility index (Phi) is 22.8. The third kappa shape index (κ3) is 19.1. The molecule has 0 spiro atoms. The van der Waals surface area contributed by atoms with Gasteiger partial charge in [0, 0.05) is 0 Å². The van der Waals surface area contributed by atoms with Crippen LogP contribution in [0.5, 0.6) is 0 Å². The first-order valence-electron chi connectivity index (χ1n) is 11.7. The summed E-state index contributed by atoms with van der Waals surface area (Å²) in [6, 6.07) is 0. The van der Waals surface area contributed by atoms with Crippen LogP contribution < -0.4 is 28.3 Å². The topological polar surface area (TPSA) is 123 Å². The highest BCUT2D eigenvalue weighted by Gasteiger charge is 2.07. The molecule has 7 nitrogen and oxygen atoms in total. The second-order valence-corrected chi connectivity index (χ2v) is 7.77. The zero-order chi connectivity index (χ0) is 20.7. The number of rotatable bonds is 23. The maximum Gasteiger partial charge on any atom is -0.000672 e. The van der Waals surface area contributed by atoms with E-state index in [1.54, 1.807) is 0 Å². The van der Waals surface area contributed by atoms with Crippen molar-refractivity contribution >= 4 is 0 Å². The summed E-state index contributed by atoms with van der Waals surface area (Å²) in [5.41, 5.74) is 22.6. The van der Waals surface area contributed by atoms with E-state index in [0.29, 0.717) is 0 Å². The van der Waals surface area contributed by atoms with Crippen molar-refractivity contribution in [1.29, 1.82) is 0 Å². The Labute approximate surface area is 174 Å². The number of unbranched alkanes of at least 4 members (excludes halogenated alkanes) is 3. The Morgan fingerprint density at radius 1 is 0.393 bits per heavy atom. The first-order valence-corrected chi connectivity index (χ1v) is 11.7. The largest absolute Gasteiger partial charge is 0.330 e. The number of nitrogens with one attached hydrogen (secondary N) is 1. The molecule has 7 heteroatoms. The van der Waals surface area contributed by atoms with E-state index < -0.39 is 0 Å². The summed E-state index contributed by atoms with van der Waals surface area (Å²) in [5.74, 6) is 0. The highest BCUT2D eigenvalue weighted by molar-refractivity contribution is 4.64. The van der Waals surface area contributed by atoms with Crippen LogP contribution in [-0.2, 0) is 0 Å². The minimum Gasteiger partial charge on any atom is -0.330 e. The SMILES string of the molecule is NCCCCN(CCCN)CCCCN(CCCN)CCCCNCCCN. The molecule has 0 bridgehead atoms. The van der Waals surface area contributed by atoms with Gasteiger partial charge in [-0.15, -0.1) is 0 Å². The highest BCUT2D eigenvalue weighted by atomic mass is 15.1. The molecule has 0 amide bonds. The van der Waals surface area contributed by atoms with E-state index in [4.69, 9.17) is 22.9 Å². The van der Waals surface area contributed by atoms with Crippen LogP contribution in [0, 0.1) is 0 Å². The summed E-state index contributed by atoms with van der Waals surface area (Å²) < 4.78 is 0. The van der Waals surface area contributed by atoms with Crippen molar-refractivity contribution in [1.82, 2.24) is 15.1 Å². The van der Waals surface area contributed by atoms with Crippen LogP contribution in [0.15, 0.2) is 0 Å². The molecule has 0 aromatic rings. The van der Waals surface area contributed by atoms with Gasteiger partial charge < -0.3 is 38.1 Å². The van der Waals surface area contributed by atoms with Gasteiger partial charge in [-0.1, -0.05) is 0 Å². The first kappa shape index (κ1) is 27.7. The Hall–Kier alpha value is -0.280. The molecule has 0 fully saturated rings. The molecule has 0 saturated carbocycles. The van der Waals surface area contributed by atoms with Crippen LogP contribution in [0.1, 0.15) is 57.8 Å². The lowest BCUT2D eigenvalue weighted by Gasteiger charge is -2.24. The highest BCUT2D eigenvalue weighted by Crippen LogP contribution is 2.04. The van der Waals surface area contributed by atoms with Gasteiger partial charge >= 0.3 is 0 Å². The van der Waals surface area contributed by atoms with Gasteiger partial charge in [0.05, 0.1) is 0 Å². The average Bonchev–Trinajstić information content (AvgIpc) is 2.71. The van der Waals surface area contributed by atoms with Crippen molar-refractivity contribution in [3.8, 4) is 0 Å². The molecule has 0 aliphatic carbocycles. The standard InChI is InChI=1S/C21H51N7/c22-10-1-3-16-27(20-8-12-24)18-5-6-19-28(21-9-13-25)17-4-2-14-26-15-7-11-23/h26H,1-25H2. The minimum atomic E-state index is 0.774. The Morgan fingerprint density at radius 3 is 1.21 bits per heavy atom. The fraction of sp³-hybridized carbons (Fsp3) is 1.00. The van der Waals surface area contributed by atoms with Gasteiger partial charge in [-0.2, -0.15) is 0 Å². The van der Waals surface area contributed by atoms with Crippen molar-refractivity contribution in [3.05, 3.63) is 0 Å². The molecule has 0 heterocycles. The summed E-state index contributed by atoms with van der Waals surface area (Å²) in [4.78, 5) is 5.17. The van der Waals surface area contributed by atoms with Crippen molar-refractivity contribution in [3.63, 3.8) is 0 Å². The van der Waals surface area contributed by atoms with E-state index in [-0.39, 0.29) is 0 Å². The van der Waals surface area contributed by atoms with Crippen LogP contribution >= 0.6 is 0 Å². The predicted molar refractivity (Wildman–Crippen MR) is 124 cm³/mol. The summed E-state index contributed by atoms with van der Waals surface area (Å²) in [6.07, 6.45) is 10.6. The molecule has 0 aromatic carbocycles. The van der Waals surface area contributed by atoms with Crippen molar-refractivity contribution in [2.24, 2.45) is 22.9 Å². The maximum absolute atomic E-state index is 5.73. The van der Waals surface area contributed by atoms with Gasteiger partial charge in [0.15, 0.2) is 0 Å². The lowest BCUT2D eigenvalue weighted by Crippen LogP contribution is -2.31. The van der Waals surface area contributed by atoms with Crippen LogP contribution in [0.3, 0.4) is 0 Å². The third-order valence-corrected chi connectivity index (χ3v) is 5.12. The van der Waals surface area contributed by atoms with Gasteiger partial charge in [0.25, 0.3) is 0 Å². The Balaban J connectivity index is 3.95. The molecule has 0 saturated heterocycles. The summed E-state index contributed by atoms with van der Waals surface area (Å²) in [7, 11) is 0. The molecule has 0 aliphatic heterocycles. The molecular formula is C21H51N7. The van der Waals surface area contributed by atoms with Crippen LogP contribution in [0.25, 0.3) is 0 Å². The van der Waals surface area contributed by atoms with Crippen molar-refractivity contribution in [2.75, 3.05) is 78.5 Å². The number of nitrogens with zero attached hydrogens (tertiary/aromatic N) is 2. The normalized spacial score (nSPS) is 11.8. The zero-order valence-corrected chi connectivity index (χ0v) is 18.6. The number of nitrogens with two attached hydrogens (primary N) is 4. The molecule has 9 N–H and O–H groups in total. The lowest BCUT2D eigenvalue weighted by molar-refractivity contribution is 0.234. The van der Waals surface area contributed by atoms with Gasteiger partial charge in [-0.25, -0.2) is 0 Å². The van der Waals surface area contributed by atoms with Crippen LogP contribution in [0.2, 0.25) is 0 Å². The van der Waals surface area contributed by atoms with Crippen LogP contribution in [0.4, 0.5) is 0 Å². The smallest absolute Gasteiger partial charge is 0.000672 e. The Morgan fingerprint density at radius 2 is 0.750 bits per heavy atom. The van der Waals surface area contributed by atoms with E-state index in [9.17, 15) is 0 Å². The van der Waals surface area contributed by atoms with Crippen molar-refractivity contribution in [2.45, 2.75) is 57.8 Å². The fourth-order valence-electron chi connectivity index (χ4n) is 3.39. The fourth-order valence-corrected chi connectivity index (χ4v) is 3.39. The van der Waals surface area contributed by atoms with E-state index in [2.05, 4.69) is 15.1 Å². The molecule has 0 unspecified atom stereocenters. The Bertz CT molecular complexity index is 292. The van der Waals surface area contributed by atoms with E-state index in [0.717, 1.165) is 84.6 Å². The van der Waals surface area contributed by atoms with Gasteiger partial charge in [0.1, 0.15) is 0 Å². The van der Waals surface area contributed by atoms with Gasteiger partial charge in [-0.05, 0) is 136 Å². The predicted octanol–water partition coefficient (Wildman–Crippen LogP) is 0.526. The van der Waals surface area contributed by atoms with Crippen LogP contribution in [-0.4, -0.2) is 88.3 Å². The second-order valence-electron chi connectivity index (χ2n) is 7.77. The first-order chi connectivity index (χ1) is 13.8.